The molecule has 0 spiro atoms. The lowest BCUT2D eigenvalue weighted by molar-refractivity contribution is -0.118. The zero-order chi connectivity index (χ0) is 27.0. The first-order chi connectivity index (χ1) is 17.8. The van der Waals surface area contributed by atoms with E-state index in [4.69, 9.17) is 9.84 Å². The van der Waals surface area contributed by atoms with E-state index in [1.165, 1.54) is 16.3 Å². The number of nitrogens with zero attached hydrogens (tertiary/aromatic N) is 2. The first-order valence-corrected chi connectivity index (χ1v) is 12.6. The van der Waals surface area contributed by atoms with Gasteiger partial charge in [-0.2, -0.15) is 5.10 Å². The number of ketones is 1. The van der Waals surface area contributed by atoms with Gasteiger partial charge in [-0.15, -0.1) is 0 Å². The number of anilines is 1. The number of amides is 1. The molecule has 3 aromatic rings. The van der Waals surface area contributed by atoms with Crippen LogP contribution in [0.3, 0.4) is 0 Å². The average Bonchev–Trinajstić information content (AvgIpc) is 2.85. The van der Waals surface area contributed by atoms with Crippen LogP contribution in [0, 0.1) is 13.8 Å². The maximum atomic E-state index is 11.7. The summed E-state index contributed by atoms with van der Waals surface area (Å²) >= 11 is 0. The molecule has 2 N–H and O–H groups in total. The summed E-state index contributed by atoms with van der Waals surface area (Å²) < 4.78 is 6.21. The van der Waals surface area contributed by atoms with Gasteiger partial charge in [-0.3, -0.25) is 14.9 Å². The zero-order valence-electron chi connectivity index (χ0n) is 21.9. The number of ether oxygens (including phenoxy) is 1. The van der Waals surface area contributed by atoms with E-state index in [1.807, 2.05) is 38.1 Å². The van der Waals surface area contributed by atoms with Crippen LogP contribution < -0.4 is 10.9 Å². The van der Waals surface area contributed by atoms with Crippen molar-refractivity contribution in [1.29, 1.82) is 0 Å². The number of rotatable bonds is 11. The first kappa shape index (κ1) is 29.5. The van der Waals surface area contributed by atoms with Gasteiger partial charge in [0, 0.05) is 31.2 Å². The lowest BCUT2D eigenvalue weighted by atomic mass is 10.0. The van der Waals surface area contributed by atoms with E-state index in [1.54, 1.807) is 31.2 Å². The number of nitrogens with one attached hydrogen (secondary N) is 1. The van der Waals surface area contributed by atoms with Crippen LogP contribution >= 0.6 is 0 Å². The number of Topliss-reactive ketones (excluding diaryl/α,β-unsaturated/α-hetero) is 1. The van der Waals surface area contributed by atoms with Crippen LogP contribution in [0.1, 0.15) is 55.0 Å². The summed E-state index contributed by atoms with van der Waals surface area (Å²) in [4.78, 5) is 34.7. The number of benzene rings is 2. The Bertz CT molecular complexity index is 1210. The minimum atomic E-state index is -0.500. The second-order valence-corrected chi connectivity index (χ2v) is 8.76. The van der Waals surface area contributed by atoms with Crippen LogP contribution in [0.5, 0.6) is 0 Å². The van der Waals surface area contributed by atoms with E-state index >= 15 is 0 Å². The number of aromatic nitrogens is 2. The summed E-state index contributed by atoms with van der Waals surface area (Å²) in [5.41, 5.74) is 4.40. The Kier molecular flexibility index (Phi) is 12.8. The molecule has 37 heavy (non-hydrogen) atoms. The third-order valence-electron chi connectivity index (χ3n) is 5.38. The van der Waals surface area contributed by atoms with Crippen LogP contribution in [-0.2, 0) is 22.5 Å². The molecule has 0 unspecified atom stereocenters. The van der Waals surface area contributed by atoms with Crippen LogP contribution in [0.25, 0.3) is 0 Å². The van der Waals surface area contributed by atoms with Gasteiger partial charge < -0.3 is 9.84 Å². The lowest BCUT2D eigenvalue weighted by Crippen LogP contribution is -2.23. The van der Waals surface area contributed by atoms with Crippen molar-refractivity contribution < 1.29 is 19.4 Å². The van der Waals surface area contributed by atoms with Crippen molar-refractivity contribution in [3.63, 3.8) is 0 Å². The molecular formula is C29H37N3O5. The topological polar surface area (TPSA) is 111 Å². The quantitative estimate of drug-likeness (QED) is 0.360. The third kappa shape index (κ3) is 11.7. The lowest BCUT2D eigenvalue weighted by Gasteiger charge is -2.08. The highest BCUT2D eigenvalue weighted by molar-refractivity contribution is 5.84. The molecule has 0 aliphatic carbocycles. The summed E-state index contributed by atoms with van der Waals surface area (Å²) in [6, 6.07) is 18.5. The van der Waals surface area contributed by atoms with E-state index < -0.39 is 6.09 Å². The maximum Gasteiger partial charge on any atom is 0.411 e. The Labute approximate surface area is 218 Å². The van der Waals surface area contributed by atoms with Crippen molar-refractivity contribution in [3.8, 4) is 0 Å². The molecule has 8 heteroatoms. The van der Waals surface area contributed by atoms with Crippen LogP contribution in [0.4, 0.5) is 10.5 Å². The van der Waals surface area contributed by atoms with Crippen molar-refractivity contribution in [2.24, 2.45) is 0 Å². The van der Waals surface area contributed by atoms with Gasteiger partial charge in [-0.25, -0.2) is 9.48 Å². The van der Waals surface area contributed by atoms with E-state index in [0.717, 1.165) is 36.1 Å². The fraction of sp³-hybridized carbons (Fsp3) is 0.379. The molecule has 1 aromatic heterocycles. The van der Waals surface area contributed by atoms with Gasteiger partial charge in [-0.05, 0) is 62.9 Å². The summed E-state index contributed by atoms with van der Waals surface area (Å²) in [6.07, 6.45) is 3.31. The zero-order valence-corrected chi connectivity index (χ0v) is 21.9. The van der Waals surface area contributed by atoms with Crippen molar-refractivity contribution in [3.05, 3.63) is 93.4 Å². The van der Waals surface area contributed by atoms with Gasteiger partial charge in [-0.1, -0.05) is 48.4 Å². The molecular weight excluding hydrogens is 470 g/mol. The van der Waals surface area contributed by atoms with E-state index in [-0.39, 0.29) is 12.2 Å². The monoisotopic (exact) mass is 507 g/mol. The van der Waals surface area contributed by atoms with Gasteiger partial charge in [0.05, 0.1) is 18.8 Å². The van der Waals surface area contributed by atoms with Crippen LogP contribution in [0.15, 0.2) is 65.5 Å². The third-order valence-corrected chi connectivity index (χ3v) is 5.38. The molecule has 0 radical (unpaired) electrons. The van der Waals surface area contributed by atoms with Gasteiger partial charge in [0.1, 0.15) is 5.78 Å². The van der Waals surface area contributed by atoms with Crippen molar-refractivity contribution in [2.45, 2.75) is 59.4 Å². The number of unbranched alkanes of at least 4 members (excludes halogenated alkanes) is 2. The highest BCUT2D eigenvalue weighted by Crippen LogP contribution is 2.12. The average molecular weight is 508 g/mol. The molecule has 0 aliphatic rings. The second kappa shape index (κ2) is 16.1. The van der Waals surface area contributed by atoms with Crippen LogP contribution in [-0.4, -0.2) is 40.0 Å². The fourth-order valence-corrected chi connectivity index (χ4v) is 3.62. The minimum absolute atomic E-state index is 0.163. The molecule has 3 rings (SSSR count). The number of carbonyl (C=O) groups is 2. The second-order valence-electron chi connectivity index (χ2n) is 8.76. The molecule has 0 aliphatic heterocycles. The molecule has 2 aromatic carbocycles. The van der Waals surface area contributed by atoms with Crippen molar-refractivity contribution in [1.82, 2.24) is 9.78 Å². The van der Waals surface area contributed by atoms with Gasteiger partial charge in [0.2, 0.25) is 0 Å². The van der Waals surface area contributed by atoms with Crippen molar-refractivity contribution in [2.75, 3.05) is 18.5 Å². The number of aliphatic hydroxyl groups is 1. The summed E-state index contributed by atoms with van der Waals surface area (Å²) in [7, 11) is 0. The SMILES string of the molecule is CCOC(=O)Nc1cccc(Cn2nc(C)ccc2=O)c1.Cc1cccc(CC(=O)CCCCCO)c1. The number of hydrogen-bond acceptors (Lipinski definition) is 6. The number of hydrogen-bond donors (Lipinski definition) is 2. The Morgan fingerprint density at radius 1 is 0.973 bits per heavy atom. The van der Waals surface area contributed by atoms with Gasteiger partial charge >= 0.3 is 6.09 Å². The summed E-state index contributed by atoms with van der Waals surface area (Å²) in [6.45, 7) is 6.49. The maximum absolute atomic E-state index is 11.7. The Morgan fingerprint density at radius 3 is 2.46 bits per heavy atom. The molecule has 0 bridgehead atoms. The highest BCUT2D eigenvalue weighted by Gasteiger charge is 2.05. The predicted molar refractivity (Wildman–Crippen MR) is 145 cm³/mol. The number of carbonyl (C=O) groups excluding carboxylic acids is 2. The molecule has 1 heterocycles. The molecule has 8 nitrogen and oxygen atoms in total. The number of aryl methyl sites for hydroxylation is 2. The van der Waals surface area contributed by atoms with Crippen LogP contribution in [0.2, 0.25) is 0 Å². The minimum Gasteiger partial charge on any atom is -0.450 e. The molecule has 198 valence electrons. The smallest absolute Gasteiger partial charge is 0.411 e. The summed E-state index contributed by atoms with van der Waals surface area (Å²) in [5, 5.41) is 15.4. The van der Waals surface area contributed by atoms with Gasteiger partial charge in [0.25, 0.3) is 5.56 Å². The summed E-state index contributed by atoms with van der Waals surface area (Å²) in [5.74, 6) is 0.295. The van der Waals surface area contributed by atoms with Gasteiger partial charge in [0.15, 0.2) is 0 Å². The molecule has 0 fully saturated rings. The highest BCUT2D eigenvalue weighted by atomic mass is 16.5. The molecule has 0 saturated carbocycles. The first-order valence-electron chi connectivity index (χ1n) is 12.6. The fourth-order valence-electron chi connectivity index (χ4n) is 3.62. The Balaban J connectivity index is 0.000000271. The van der Waals surface area contributed by atoms with E-state index in [2.05, 4.69) is 16.5 Å². The largest absolute Gasteiger partial charge is 0.450 e. The van der Waals surface area contributed by atoms with E-state index in [0.29, 0.717) is 37.5 Å². The Hall–Kier alpha value is -3.78. The van der Waals surface area contributed by atoms with E-state index in [9.17, 15) is 14.4 Å². The number of aliphatic hydroxyl groups excluding tert-OH is 1. The molecule has 0 atom stereocenters. The molecule has 0 saturated heterocycles. The van der Waals surface area contributed by atoms with Crippen molar-refractivity contribution >= 4 is 17.6 Å². The normalized spacial score (nSPS) is 10.3. The predicted octanol–water partition coefficient (Wildman–Crippen LogP) is 4.83. The Morgan fingerprint density at radius 2 is 1.73 bits per heavy atom. The molecule has 1 amide bonds. The standard InChI is InChI=1S/C15H17N3O3.C14H20O2/c1-3-21-15(20)16-13-6-4-5-12(9-13)10-18-14(19)8-7-11(2)17-18;1-12-6-5-7-13(10-12)11-14(16)8-3-2-4-9-15/h4-9H,3,10H2,1-2H3,(H,16,20);5-7,10,15H,2-4,8-9,11H2,1H3.